The SMILES string of the molecule is CN1[C@@H]2CC[C@@H]1CC(n1cc(-c3cccc(F)c3)nn1)C2. The molecule has 2 fully saturated rings. The van der Waals surface area contributed by atoms with Gasteiger partial charge in [0.15, 0.2) is 0 Å². The Hall–Kier alpha value is -1.75. The maximum absolute atomic E-state index is 13.3. The Morgan fingerprint density at radius 3 is 2.62 bits per heavy atom. The van der Waals surface area contributed by atoms with Gasteiger partial charge in [-0.15, -0.1) is 5.10 Å². The van der Waals surface area contributed by atoms with Crippen molar-refractivity contribution < 1.29 is 4.39 Å². The number of halogens is 1. The minimum absolute atomic E-state index is 0.237. The summed E-state index contributed by atoms with van der Waals surface area (Å²) in [6.07, 6.45) is 6.83. The van der Waals surface area contributed by atoms with E-state index in [1.165, 1.54) is 25.0 Å². The number of nitrogens with zero attached hydrogens (tertiary/aromatic N) is 4. The van der Waals surface area contributed by atoms with E-state index in [0.29, 0.717) is 18.1 Å². The van der Waals surface area contributed by atoms with Crippen LogP contribution >= 0.6 is 0 Å². The van der Waals surface area contributed by atoms with Crippen LogP contribution in [-0.4, -0.2) is 39.0 Å². The summed E-state index contributed by atoms with van der Waals surface area (Å²) in [7, 11) is 2.23. The van der Waals surface area contributed by atoms with Gasteiger partial charge in [-0.05, 0) is 44.9 Å². The summed E-state index contributed by atoms with van der Waals surface area (Å²) in [5.74, 6) is -0.237. The fourth-order valence-electron chi connectivity index (χ4n) is 3.83. The van der Waals surface area contributed by atoms with Crippen LogP contribution in [0.2, 0.25) is 0 Å². The van der Waals surface area contributed by atoms with Gasteiger partial charge in [-0.2, -0.15) is 0 Å². The van der Waals surface area contributed by atoms with Gasteiger partial charge in [0, 0.05) is 17.6 Å². The molecule has 1 aromatic carbocycles. The minimum Gasteiger partial charge on any atom is -0.300 e. The minimum atomic E-state index is -0.237. The average Bonchev–Trinajstić information content (AvgIpc) is 3.02. The van der Waals surface area contributed by atoms with Crippen LogP contribution < -0.4 is 0 Å². The van der Waals surface area contributed by atoms with Gasteiger partial charge < -0.3 is 4.90 Å². The van der Waals surface area contributed by atoms with Crippen LogP contribution in [0.3, 0.4) is 0 Å². The predicted molar refractivity (Wildman–Crippen MR) is 78.3 cm³/mol. The smallest absolute Gasteiger partial charge is 0.123 e. The highest BCUT2D eigenvalue weighted by atomic mass is 19.1. The zero-order chi connectivity index (χ0) is 14.4. The summed E-state index contributed by atoms with van der Waals surface area (Å²) >= 11 is 0. The van der Waals surface area contributed by atoms with Crippen LogP contribution in [-0.2, 0) is 0 Å². The zero-order valence-electron chi connectivity index (χ0n) is 12.1. The quantitative estimate of drug-likeness (QED) is 0.851. The van der Waals surface area contributed by atoms with Crippen molar-refractivity contribution in [1.82, 2.24) is 19.9 Å². The second-order valence-corrected chi connectivity index (χ2v) is 6.27. The number of fused-ring (bicyclic) bond motifs is 2. The second kappa shape index (κ2) is 4.91. The highest BCUT2D eigenvalue weighted by Gasteiger charge is 2.39. The lowest BCUT2D eigenvalue weighted by Gasteiger charge is -2.36. The van der Waals surface area contributed by atoms with Crippen molar-refractivity contribution in [3.63, 3.8) is 0 Å². The maximum Gasteiger partial charge on any atom is 0.123 e. The van der Waals surface area contributed by atoms with Gasteiger partial charge >= 0.3 is 0 Å². The molecular formula is C16H19FN4. The molecule has 0 saturated carbocycles. The fraction of sp³-hybridized carbons (Fsp3) is 0.500. The van der Waals surface area contributed by atoms with E-state index in [0.717, 1.165) is 24.1 Å². The lowest BCUT2D eigenvalue weighted by molar-refractivity contribution is 0.130. The zero-order valence-corrected chi connectivity index (χ0v) is 12.1. The summed E-state index contributed by atoms with van der Waals surface area (Å²) < 4.78 is 15.3. The molecule has 2 aliphatic heterocycles. The Morgan fingerprint density at radius 2 is 1.90 bits per heavy atom. The fourth-order valence-corrected chi connectivity index (χ4v) is 3.83. The maximum atomic E-state index is 13.3. The first kappa shape index (κ1) is 13.0. The molecule has 2 atom stereocenters. The third-order valence-electron chi connectivity index (χ3n) is 5.08. The van der Waals surface area contributed by atoms with Crippen molar-refractivity contribution in [2.45, 2.75) is 43.8 Å². The largest absolute Gasteiger partial charge is 0.300 e. The number of hydrogen-bond acceptors (Lipinski definition) is 3. The van der Waals surface area contributed by atoms with Gasteiger partial charge in [-0.3, -0.25) is 0 Å². The van der Waals surface area contributed by atoms with Crippen LogP contribution in [0.1, 0.15) is 31.7 Å². The van der Waals surface area contributed by atoms with Gasteiger partial charge in [0.05, 0.1) is 12.2 Å². The molecule has 2 aromatic rings. The van der Waals surface area contributed by atoms with Gasteiger partial charge in [0.2, 0.25) is 0 Å². The topological polar surface area (TPSA) is 34.0 Å². The van der Waals surface area contributed by atoms with Gasteiger partial charge in [-0.1, -0.05) is 17.3 Å². The molecule has 0 N–H and O–H groups in total. The number of hydrogen-bond donors (Lipinski definition) is 0. The first-order valence-electron chi connectivity index (χ1n) is 7.60. The van der Waals surface area contributed by atoms with Crippen molar-refractivity contribution in [3.05, 3.63) is 36.3 Å². The van der Waals surface area contributed by atoms with Crippen LogP contribution in [0, 0.1) is 5.82 Å². The Kier molecular flexibility index (Phi) is 3.03. The number of piperidine rings is 1. The van der Waals surface area contributed by atoms with E-state index < -0.39 is 0 Å². The van der Waals surface area contributed by atoms with E-state index in [4.69, 9.17) is 0 Å². The second-order valence-electron chi connectivity index (χ2n) is 6.27. The summed E-state index contributed by atoms with van der Waals surface area (Å²) in [5.41, 5.74) is 1.54. The molecular weight excluding hydrogens is 267 g/mol. The molecule has 0 radical (unpaired) electrons. The van der Waals surface area contributed by atoms with E-state index in [1.807, 2.05) is 16.9 Å². The molecule has 110 valence electrons. The van der Waals surface area contributed by atoms with Crippen LogP contribution in [0.5, 0.6) is 0 Å². The normalized spacial score (nSPS) is 29.0. The third kappa shape index (κ3) is 2.25. The van der Waals surface area contributed by atoms with E-state index in [-0.39, 0.29) is 5.82 Å². The van der Waals surface area contributed by atoms with Crippen LogP contribution in [0.4, 0.5) is 4.39 Å². The average molecular weight is 286 g/mol. The Bertz CT molecular complexity index is 639. The van der Waals surface area contributed by atoms with Crippen molar-refractivity contribution in [2.75, 3.05) is 7.05 Å². The molecule has 2 aliphatic rings. The highest BCUT2D eigenvalue weighted by Crippen LogP contribution is 2.39. The summed E-state index contributed by atoms with van der Waals surface area (Å²) in [5, 5.41) is 8.52. The molecule has 5 heteroatoms. The molecule has 0 spiro atoms. The van der Waals surface area contributed by atoms with E-state index in [9.17, 15) is 4.39 Å². The molecule has 2 bridgehead atoms. The van der Waals surface area contributed by atoms with Crippen molar-refractivity contribution in [1.29, 1.82) is 0 Å². The molecule has 4 rings (SSSR count). The van der Waals surface area contributed by atoms with Gasteiger partial charge in [0.1, 0.15) is 11.5 Å². The highest BCUT2D eigenvalue weighted by molar-refractivity contribution is 5.57. The Labute approximate surface area is 123 Å². The molecule has 2 saturated heterocycles. The van der Waals surface area contributed by atoms with Crippen LogP contribution in [0.25, 0.3) is 11.3 Å². The molecule has 0 amide bonds. The van der Waals surface area contributed by atoms with Gasteiger partial charge in [-0.25, -0.2) is 9.07 Å². The predicted octanol–water partition coefficient (Wildman–Crippen LogP) is 2.88. The number of benzene rings is 1. The molecule has 3 heterocycles. The molecule has 0 unspecified atom stereocenters. The van der Waals surface area contributed by atoms with E-state index >= 15 is 0 Å². The molecule has 0 aliphatic carbocycles. The Morgan fingerprint density at radius 1 is 1.14 bits per heavy atom. The van der Waals surface area contributed by atoms with Crippen molar-refractivity contribution >= 4 is 0 Å². The molecule has 21 heavy (non-hydrogen) atoms. The van der Waals surface area contributed by atoms with Crippen molar-refractivity contribution in [3.8, 4) is 11.3 Å². The van der Waals surface area contributed by atoms with E-state index in [2.05, 4.69) is 22.3 Å². The number of aromatic nitrogens is 3. The first-order chi connectivity index (χ1) is 10.2. The lowest BCUT2D eigenvalue weighted by Crippen LogP contribution is -2.40. The third-order valence-corrected chi connectivity index (χ3v) is 5.08. The molecule has 1 aromatic heterocycles. The standard InChI is InChI=1S/C16H19FN4/c1-20-13-5-6-14(20)9-15(8-13)21-10-16(18-19-21)11-3-2-4-12(17)7-11/h2-4,7,10,13-15H,5-6,8-9H2,1H3/t13-,14-/m1/s1. The Balaban J connectivity index is 1.58. The summed E-state index contributed by atoms with van der Waals surface area (Å²) in [6, 6.07) is 8.31. The lowest BCUT2D eigenvalue weighted by atomic mass is 9.98. The van der Waals surface area contributed by atoms with Crippen LogP contribution in [0.15, 0.2) is 30.5 Å². The summed E-state index contributed by atoms with van der Waals surface area (Å²) in [6.45, 7) is 0. The van der Waals surface area contributed by atoms with E-state index in [1.54, 1.807) is 6.07 Å². The van der Waals surface area contributed by atoms with Crippen molar-refractivity contribution in [2.24, 2.45) is 0 Å². The first-order valence-corrected chi connectivity index (χ1v) is 7.60. The molecule has 4 nitrogen and oxygen atoms in total. The summed E-state index contributed by atoms with van der Waals surface area (Å²) in [4.78, 5) is 2.51. The monoisotopic (exact) mass is 286 g/mol. The van der Waals surface area contributed by atoms with Gasteiger partial charge in [0.25, 0.3) is 0 Å². The number of rotatable bonds is 2.